The minimum atomic E-state index is -0.295. The smallest absolute Gasteiger partial charge is 0.409 e. The molecule has 1 unspecified atom stereocenters. The zero-order valence-corrected chi connectivity index (χ0v) is 14.8. The fraction of sp³-hybridized carbons (Fsp3) is 0.500. The third-order valence-corrected chi connectivity index (χ3v) is 4.14. The van der Waals surface area contributed by atoms with Gasteiger partial charge in [-0.1, -0.05) is 29.3 Å². The van der Waals surface area contributed by atoms with Crippen molar-refractivity contribution in [3.05, 3.63) is 28.7 Å². The molecule has 1 aromatic rings. The van der Waals surface area contributed by atoms with Gasteiger partial charge in [-0.25, -0.2) is 9.59 Å². The van der Waals surface area contributed by atoms with E-state index in [0.29, 0.717) is 19.7 Å². The third kappa shape index (κ3) is 5.74. The maximum atomic E-state index is 12.0. The van der Waals surface area contributed by atoms with Crippen molar-refractivity contribution in [1.82, 2.24) is 10.2 Å². The first-order valence-corrected chi connectivity index (χ1v) is 8.62. The highest BCUT2D eigenvalue weighted by Gasteiger charge is 2.28. The van der Waals surface area contributed by atoms with E-state index in [1.165, 1.54) is 0 Å². The van der Waals surface area contributed by atoms with Gasteiger partial charge in [0.1, 0.15) is 0 Å². The van der Waals surface area contributed by atoms with Gasteiger partial charge in [-0.3, -0.25) is 0 Å². The maximum absolute atomic E-state index is 12.0. The molecule has 1 aliphatic heterocycles. The van der Waals surface area contributed by atoms with Crippen LogP contribution in [0.15, 0.2) is 28.7 Å². The lowest BCUT2D eigenvalue weighted by molar-refractivity contribution is 0.108. The summed E-state index contributed by atoms with van der Waals surface area (Å²) in [6, 6.07) is 7.03. The number of amides is 3. The number of halogens is 1. The van der Waals surface area contributed by atoms with Gasteiger partial charge in [-0.2, -0.15) is 0 Å². The van der Waals surface area contributed by atoms with Crippen LogP contribution >= 0.6 is 15.9 Å². The summed E-state index contributed by atoms with van der Waals surface area (Å²) in [5.74, 6) is 0. The molecule has 0 aliphatic carbocycles. The van der Waals surface area contributed by atoms with Crippen LogP contribution in [-0.2, 0) is 4.74 Å². The van der Waals surface area contributed by atoms with Crippen LogP contribution in [-0.4, -0.2) is 42.8 Å². The lowest BCUT2D eigenvalue weighted by atomic mass is 10.3. The molecule has 2 rings (SSSR count). The SMILES string of the molecule is CCCCOC(=O)N1CCC(NC(=O)Nc2ccc(Br)cc2)C1. The van der Waals surface area contributed by atoms with Crippen LogP contribution in [0.3, 0.4) is 0 Å². The molecule has 6 nitrogen and oxygen atoms in total. The first-order chi connectivity index (χ1) is 11.1. The molecule has 0 radical (unpaired) electrons. The van der Waals surface area contributed by atoms with Crippen molar-refractivity contribution in [1.29, 1.82) is 0 Å². The molecule has 1 fully saturated rings. The molecule has 0 aromatic heterocycles. The summed E-state index contributed by atoms with van der Waals surface area (Å²) in [5.41, 5.74) is 0.722. The minimum absolute atomic E-state index is 0.0517. The predicted octanol–water partition coefficient (Wildman–Crippen LogP) is 3.58. The van der Waals surface area contributed by atoms with Gasteiger partial charge in [0.25, 0.3) is 0 Å². The summed E-state index contributed by atoms with van der Waals surface area (Å²) >= 11 is 3.35. The number of unbranched alkanes of at least 4 members (excludes halogenated alkanes) is 1. The monoisotopic (exact) mass is 383 g/mol. The maximum Gasteiger partial charge on any atom is 0.409 e. The number of likely N-dealkylation sites (tertiary alicyclic amines) is 1. The Bertz CT molecular complexity index is 536. The van der Waals surface area contributed by atoms with E-state index in [1.54, 1.807) is 4.90 Å². The molecule has 1 aliphatic rings. The molecule has 1 atom stereocenters. The molecule has 2 N–H and O–H groups in total. The molecule has 126 valence electrons. The molecule has 0 spiro atoms. The van der Waals surface area contributed by atoms with Gasteiger partial charge in [-0.15, -0.1) is 0 Å². The number of ether oxygens (including phenoxy) is 1. The first kappa shape index (κ1) is 17.6. The normalized spacial score (nSPS) is 17.0. The molecule has 3 amide bonds. The largest absolute Gasteiger partial charge is 0.449 e. The van der Waals surface area contributed by atoms with Crippen LogP contribution < -0.4 is 10.6 Å². The summed E-state index contributed by atoms with van der Waals surface area (Å²) in [5, 5.41) is 5.66. The molecule has 0 saturated carbocycles. The van der Waals surface area contributed by atoms with Crippen LogP contribution in [0.4, 0.5) is 15.3 Å². The number of urea groups is 1. The fourth-order valence-electron chi connectivity index (χ4n) is 2.32. The van der Waals surface area contributed by atoms with Crippen molar-refractivity contribution >= 4 is 33.7 Å². The lowest BCUT2D eigenvalue weighted by Gasteiger charge is -2.17. The molecule has 7 heteroatoms. The molecule has 1 saturated heterocycles. The van der Waals surface area contributed by atoms with Gasteiger partial charge in [0.15, 0.2) is 0 Å². The minimum Gasteiger partial charge on any atom is -0.449 e. The van der Waals surface area contributed by atoms with E-state index < -0.39 is 0 Å². The Morgan fingerprint density at radius 3 is 2.78 bits per heavy atom. The number of nitrogens with one attached hydrogen (secondary N) is 2. The Morgan fingerprint density at radius 1 is 1.35 bits per heavy atom. The van der Waals surface area contributed by atoms with E-state index in [9.17, 15) is 9.59 Å². The molecular weight excluding hydrogens is 362 g/mol. The van der Waals surface area contributed by atoms with Crippen molar-refractivity contribution in [2.75, 3.05) is 25.0 Å². The zero-order valence-electron chi connectivity index (χ0n) is 13.2. The summed E-state index contributed by atoms with van der Waals surface area (Å²) in [7, 11) is 0. The lowest BCUT2D eigenvalue weighted by Crippen LogP contribution is -2.40. The van der Waals surface area contributed by atoms with Gasteiger partial charge in [0.05, 0.1) is 6.61 Å². The average molecular weight is 384 g/mol. The summed E-state index contributed by atoms with van der Waals surface area (Å²) in [4.78, 5) is 25.5. The Morgan fingerprint density at radius 2 is 2.09 bits per heavy atom. The second-order valence-corrected chi connectivity index (χ2v) is 6.42. The summed E-state index contributed by atoms with van der Waals surface area (Å²) in [6.07, 6.45) is 2.30. The van der Waals surface area contributed by atoms with Crippen LogP contribution in [0.2, 0.25) is 0 Å². The van der Waals surface area contributed by atoms with E-state index in [1.807, 2.05) is 31.2 Å². The third-order valence-electron chi connectivity index (χ3n) is 3.61. The average Bonchev–Trinajstić information content (AvgIpc) is 2.98. The van der Waals surface area contributed by atoms with Crippen LogP contribution in [0, 0.1) is 0 Å². The highest BCUT2D eigenvalue weighted by Crippen LogP contribution is 2.15. The highest BCUT2D eigenvalue weighted by molar-refractivity contribution is 9.10. The van der Waals surface area contributed by atoms with Crippen LogP contribution in [0.5, 0.6) is 0 Å². The molecule has 0 bridgehead atoms. The van der Waals surface area contributed by atoms with Crippen molar-refractivity contribution in [2.24, 2.45) is 0 Å². The molecule has 1 heterocycles. The fourth-order valence-corrected chi connectivity index (χ4v) is 2.59. The second-order valence-electron chi connectivity index (χ2n) is 5.50. The van der Waals surface area contributed by atoms with E-state index >= 15 is 0 Å². The number of carbonyl (C=O) groups is 2. The Kier molecular flexibility index (Phi) is 6.70. The molecular formula is C16H22BrN3O3. The topological polar surface area (TPSA) is 70.7 Å². The van der Waals surface area contributed by atoms with Crippen molar-refractivity contribution < 1.29 is 14.3 Å². The predicted molar refractivity (Wildman–Crippen MR) is 92.5 cm³/mol. The Balaban J connectivity index is 1.73. The number of benzene rings is 1. The van der Waals surface area contributed by atoms with E-state index in [2.05, 4.69) is 26.6 Å². The van der Waals surface area contributed by atoms with Gasteiger partial charge in [0.2, 0.25) is 0 Å². The highest BCUT2D eigenvalue weighted by atomic mass is 79.9. The van der Waals surface area contributed by atoms with Gasteiger partial charge in [0, 0.05) is 29.3 Å². The molecule has 23 heavy (non-hydrogen) atoms. The quantitative estimate of drug-likeness (QED) is 0.763. The van der Waals surface area contributed by atoms with Crippen LogP contribution in [0.1, 0.15) is 26.2 Å². The van der Waals surface area contributed by atoms with E-state index in [-0.39, 0.29) is 18.2 Å². The van der Waals surface area contributed by atoms with Crippen molar-refractivity contribution in [2.45, 2.75) is 32.2 Å². The number of anilines is 1. The number of carbonyl (C=O) groups excluding carboxylic acids is 2. The van der Waals surface area contributed by atoms with Gasteiger partial charge >= 0.3 is 12.1 Å². The van der Waals surface area contributed by atoms with Crippen LogP contribution in [0.25, 0.3) is 0 Å². The number of rotatable bonds is 5. The van der Waals surface area contributed by atoms with E-state index in [4.69, 9.17) is 4.74 Å². The van der Waals surface area contributed by atoms with Crippen molar-refractivity contribution in [3.8, 4) is 0 Å². The molecule has 1 aromatic carbocycles. The standard InChI is InChI=1S/C16H22BrN3O3/c1-2-3-10-23-16(22)20-9-8-14(11-20)19-15(21)18-13-6-4-12(17)5-7-13/h4-7,14H,2-3,8-11H2,1H3,(H2,18,19,21). The number of nitrogens with zero attached hydrogens (tertiary/aromatic N) is 1. The first-order valence-electron chi connectivity index (χ1n) is 7.83. The number of hydrogen-bond acceptors (Lipinski definition) is 3. The Labute approximate surface area is 144 Å². The van der Waals surface area contributed by atoms with E-state index in [0.717, 1.165) is 29.4 Å². The second kappa shape index (κ2) is 8.76. The van der Waals surface area contributed by atoms with Gasteiger partial charge in [-0.05, 0) is 37.1 Å². The summed E-state index contributed by atoms with van der Waals surface area (Å²) < 4.78 is 6.14. The Hall–Kier alpha value is -1.76. The van der Waals surface area contributed by atoms with Gasteiger partial charge < -0.3 is 20.3 Å². The summed E-state index contributed by atoms with van der Waals surface area (Å²) in [6.45, 7) is 3.59. The van der Waals surface area contributed by atoms with Crippen molar-refractivity contribution in [3.63, 3.8) is 0 Å². The number of hydrogen-bond donors (Lipinski definition) is 2. The zero-order chi connectivity index (χ0) is 16.7.